The van der Waals surface area contributed by atoms with Crippen LogP contribution in [0.25, 0.3) is 0 Å². The van der Waals surface area contributed by atoms with E-state index in [9.17, 15) is 19.1 Å². The minimum Gasteiger partial charge on any atom is -0.487 e. The maximum absolute atomic E-state index is 13.9. The lowest BCUT2D eigenvalue weighted by molar-refractivity contribution is -0.142. The van der Waals surface area contributed by atoms with E-state index in [4.69, 9.17) is 18.9 Å². The van der Waals surface area contributed by atoms with E-state index >= 15 is 0 Å². The summed E-state index contributed by atoms with van der Waals surface area (Å²) in [5.41, 5.74) is 2.30. The van der Waals surface area contributed by atoms with Crippen molar-refractivity contribution < 1.29 is 38.0 Å². The second-order valence-corrected chi connectivity index (χ2v) is 9.88. The molecule has 0 bridgehead atoms. The Kier molecular flexibility index (Phi) is 7.14. The standard InChI is InChI=1S/C29H28FN3O7/c30-21-3-1-2-4-22(21)33-29(36)32-17-6-8-23-19(10-17)20-11-18(39-26(14-34)28(20)40-23)12-27(35)31-13-16-5-7-24-25(9-16)38-15-37-24/h1-10,18,20,26,28,34H,11-15H2,(H,31,35)(H2,32,33,36)/t18-,20-,26+,28+/m0/s1. The third-order valence-corrected chi connectivity index (χ3v) is 7.22. The molecule has 3 aromatic carbocycles. The predicted molar refractivity (Wildman–Crippen MR) is 142 cm³/mol. The second-order valence-electron chi connectivity index (χ2n) is 9.88. The number of aliphatic hydroxyl groups is 1. The van der Waals surface area contributed by atoms with Gasteiger partial charge in [0.1, 0.15) is 23.8 Å². The van der Waals surface area contributed by atoms with Crippen LogP contribution >= 0.6 is 0 Å². The number of amides is 3. The first-order valence-corrected chi connectivity index (χ1v) is 13.0. The molecule has 40 heavy (non-hydrogen) atoms. The largest absolute Gasteiger partial charge is 0.487 e. The average Bonchev–Trinajstić information content (AvgIpc) is 3.57. The van der Waals surface area contributed by atoms with Crippen LogP contribution in [0.5, 0.6) is 17.2 Å². The van der Waals surface area contributed by atoms with Crippen LogP contribution < -0.4 is 30.2 Å². The van der Waals surface area contributed by atoms with E-state index in [0.29, 0.717) is 35.9 Å². The maximum atomic E-state index is 13.9. The molecular weight excluding hydrogens is 521 g/mol. The van der Waals surface area contributed by atoms with E-state index in [1.807, 2.05) is 18.2 Å². The number of para-hydroxylation sites is 1. The summed E-state index contributed by atoms with van der Waals surface area (Å²) in [6, 6.07) is 16.1. The molecule has 208 valence electrons. The first kappa shape index (κ1) is 25.9. The minimum absolute atomic E-state index is 0.0689. The molecule has 0 radical (unpaired) electrons. The molecule has 3 aliphatic heterocycles. The Bertz CT molecular complexity index is 1430. The van der Waals surface area contributed by atoms with Gasteiger partial charge in [-0.05, 0) is 54.4 Å². The van der Waals surface area contributed by atoms with E-state index in [0.717, 1.165) is 11.1 Å². The Morgan fingerprint density at radius 1 is 0.975 bits per heavy atom. The Balaban J connectivity index is 1.09. The number of nitrogens with one attached hydrogen (secondary N) is 3. The number of hydrogen-bond donors (Lipinski definition) is 4. The molecule has 3 aliphatic rings. The van der Waals surface area contributed by atoms with Crippen molar-refractivity contribution in [1.82, 2.24) is 5.32 Å². The molecule has 0 aromatic heterocycles. The quantitative estimate of drug-likeness (QED) is 0.352. The summed E-state index contributed by atoms with van der Waals surface area (Å²) in [7, 11) is 0. The lowest BCUT2D eigenvalue weighted by atomic mass is 9.84. The maximum Gasteiger partial charge on any atom is 0.323 e. The average molecular weight is 550 g/mol. The van der Waals surface area contributed by atoms with E-state index in [-0.39, 0.29) is 37.3 Å². The molecule has 10 nitrogen and oxygen atoms in total. The minimum atomic E-state index is -0.612. The number of aliphatic hydroxyl groups excluding tert-OH is 1. The molecule has 1 saturated heterocycles. The number of carbonyl (C=O) groups excluding carboxylic acids is 2. The molecule has 0 spiro atoms. The number of rotatable bonds is 7. The van der Waals surface area contributed by atoms with Gasteiger partial charge in [0, 0.05) is 23.7 Å². The lowest BCUT2D eigenvalue weighted by Gasteiger charge is -2.37. The molecule has 3 heterocycles. The predicted octanol–water partition coefficient (Wildman–Crippen LogP) is 3.90. The van der Waals surface area contributed by atoms with Gasteiger partial charge in [-0.25, -0.2) is 9.18 Å². The van der Waals surface area contributed by atoms with Crippen molar-refractivity contribution in [3.8, 4) is 17.2 Å². The summed E-state index contributed by atoms with van der Waals surface area (Å²) >= 11 is 0. The van der Waals surface area contributed by atoms with Crippen molar-refractivity contribution in [1.29, 1.82) is 0 Å². The van der Waals surface area contributed by atoms with E-state index in [1.54, 1.807) is 30.3 Å². The summed E-state index contributed by atoms with van der Waals surface area (Å²) in [5.74, 6) is 1.09. The van der Waals surface area contributed by atoms with E-state index in [1.165, 1.54) is 12.1 Å². The van der Waals surface area contributed by atoms with Crippen LogP contribution in [0.1, 0.15) is 29.9 Å². The van der Waals surface area contributed by atoms with E-state index in [2.05, 4.69) is 16.0 Å². The molecular formula is C29H28FN3O7. The van der Waals surface area contributed by atoms with Gasteiger partial charge in [0.25, 0.3) is 0 Å². The fourth-order valence-electron chi connectivity index (χ4n) is 5.34. The summed E-state index contributed by atoms with van der Waals surface area (Å²) in [5, 5.41) is 18.1. The molecule has 11 heteroatoms. The summed E-state index contributed by atoms with van der Waals surface area (Å²) in [6.45, 7) is 0.248. The van der Waals surface area contributed by atoms with Crippen LogP contribution in [0.4, 0.5) is 20.6 Å². The van der Waals surface area contributed by atoms with Crippen molar-refractivity contribution in [3.63, 3.8) is 0 Å². The van der Waals surface area contributed by atoms with Crippen molar-refractivity contribution in [3.05, 3.63) is 77.6 Å². The van der Waals surface area contributed by atoms with Gasteiger partial charge in [-0.1, -0.05) is 18.2 Å². The van der Waals surface area contributed by atoms with Crippen LogP contribution in [-0.2, 0) is 16.1 Å². The highest BCUT2D eigenvalue weighted by Crippen LogP contribution is 2.47. The van der Waals surface area contributed by atoms with Crippen molar-refractivity contribution >= 4 is 23.3 Å². The summed E-state index contributed by atoms with van der Waals surface area (Å²) < 4.78 is 36.8. The summed E-state index contributed by atoms with van der Waals surface area (Å²) in [4.78, 5) is 25.3. The third-order valence-electron chi connectivity index (χ3n) is 7.22. The van der Waals surface area contributed by atoms with Crippen LogP contribution in [0.2, 0.25) is 0 Å². The molecule has 4 atom stereocenters. The fourth-order valence-corrected chi connectivity index (χ4v) is 5.34. The van der Waals surface area contributed by atoms with Crippen LogP contribution in [0.15, 0.2) is 60.7 Å². The normalized spacial score (nSPS) is 22.1. The molecule has 3 aromatic rings. The lowest BCUT2D eigenvalue weighted by Crippen LogP contribution is -2.47. The first-order chi connectivity index (χ1) is 19.5. The second kappa shape index (κ2) is 11.0. The molecule has 1 fully saturated rings. The Morgan fingerprint density at radius 3 is 2.65 bits per heavy atom. The van der Waals surface area contributed by atoms with Gasteiger partial charge in [-0.2, -0.15) is 0 Å². The highest BCUT2D eigenvalue weighted by molar-refractivity contribution is 6.00. The van der Waals surface area contributed by atoms with E-state index < -0.39 is 30.2 Å². The van der Waals surface area contributed by atoms with Crippen LogP contribution in [0, 0.1) is 5.82 Å². The van der Waals surface area contributed by atoms with Crippen LogP contribution in [-0.4, -0.2) is 48.8 Å². The highest BCUT2D eigenvalue weighted by Gasteiger charge is 2.46. The monoisotopic (exact) mass is 549 g/mol. The van der Waals surface area contributed by atoms with Gasteiger partial charge >= 0.3 is 6.03 Å². The van der Waals surface area contributed by atoms with Gasteiger partial charge < -0.3 is 40.0 Å². The number of fused-ring (bicyclic) bond motifs is 4. The number of urea groups is 1. The molecule has 6 rings (SSSR count). The topological polar surface area (TPSA) is 127 Å². The third kappa shape index (κ3) is 5.38. The van der Waals surface area contributed by atoms with Gasteiger partial charge in [0.15, 0.2) is 11.5 Å². The van der Waals surface area contributed by atoms with Crippen molar-refractivity contribution in [2.75, 3.05) is 24.0 Å². The van der Waals surface area contributed by atoms with Crippen molar-refractivity contribution in [2.24, 2.45) is 0 Å². The van der Waals surface area contributed by atoms with Gasteiger partial charge in [-0.15, -0.1) is 0 Å². The number of carbonyl (C=O) groups is 2. The Labute approximate surface area is 229 Å². The number of ether oxygens (including phenoxy) is 4. The Morgan fingerprint density at radius 2 is 1.80 bits per heavy atom. The van der Waals surface area contributed by atoms with Gasteiger partial charge in [-0.3, -0.25) is 4.79 Å². The zero-order chi connectivity index (χ0) is 27.6. The number of hydrogen-bond acceptors (Lipinski definition) is 7. The zero-order valence-corrected chi connectivity index (χ0v) is 21.4. The van der Waals surface area contributed by atoms with Crippen molar-refractivity contribution in [2.45, 2.75) is 43.6 Å². The van der Waals surface area contributed by atoms with Crippen LogP contribution in [0.3, 0.4) is 0 Å². The molecule has 0 unspecified atom stereocenters. The fraction of sp³-hybridized carbons (Fsp3) is 0.310. The smallest absolute Gasteiger partial charge is 0.323 e. The SMILES string of the molecule is O=C(C[C@@H]1C[C@H]2c3cc(NC(=O)Nc4ccccc4F)ccc3O[C@H]2[C@@H](CO)O1)NCc1ccc2c(c1)OCO2. The van der Waals surface area contributed by atoms with Gasteiger partial charge in [0.2, 0.25) is 12.7 Å². The Hall–Kier alpha value is -4.35. The van der Waals surface area contributed by atoms with Gasteiger partial charge in [0.05, 0.1) is 24.8 Å². The first-order valence-electron chi connectivity index (χ1n) is 13.0. The molecule has 0 saturated carbocycles. The molecule has 0 aliphatic carbocycles. The number of benzene rings is 3. The number of anilines is 2. The highest BCUT2D eigenvalue weighted by atomic mass is 19.1. The zero-order valence-electron chi connectivity index (χ0n) is 21.4. The summed E-state index contributed by atoms with van der Waals surface area (Å²) in [6.07, 6.45) is -0.862. The number of halogens is 1. The molecule has 3 amide bonds. The molecule has 4 N–H and O–H groups in total.